The number of amides is 1. The van der Waals surface area contributed by atoms with E-state index in [0.29, 0.717) is 30.4 Å². The second kappa shape index (κ2) is 7.44. The van der Waals surface area contributed by atoms with E-state index in [1.807, 2.05) is 24.0 Å². The largest absolute Gasteiger partial charge is 0.496 e. The molecule has 2 fully saturated rings. The van der Waals surface area contributed by atoms with Crippen LogP contribution in [-0.2, 0) is 9.59 Å². The van der Waals surface area contributed by atoms with Gasteiger partial charge in [-0.3, -0.25) is 14.5 Å². The molecular weight excluding hydrogens is 320 g/mol. The molecule has 1 aliphatic carbocycles. The molecule has 1 atom stereocenters. The molecule has 1 aromatic rings. The highest BCUT2D eigenvalue weighted by atomic mass is 16.5. The van der Waals surface area contributed by atoms with Crippen LogP contribution >= 0.6 is 0 Å². The van der Waals surface area contributed by atoms with Crippen LogP contribution in [0.4, 0.5) is 0 Å². The van der Waals surface area contributed by atoms with Gasteiger partial charge in [0.2, 0.25) is 5.91 Å². The van der Waals surface area contributed by atoms with E-state index in [1.54, 1.807) is 11.0 Å². The second-order valence-corrected chi connectivity index (χ2v) is 6.98. The van der Waals surface area contributed by atoms with E-state index < -0.39 is 12.0 Å². The number of rotatable bonds is 5. The third kappa shape index (κ3) is 3.63. The summed E-state index contributed by atoms with van der Waals surface area (Å²) in [5.41, 5.74) is 1.58. The van der Waals surface area contributed by atoms with E-state index in [1.165, 1.54) is 20.0 Å². The van der Waals surface area contributed by atoms with Crippen molar-refractivity contribution < 1.29 is 19.4 Å². The zero-order chi connectivity index (χ0) is 18.0. The number of piperazine rings is 1. The first-order valence-electron chi connectivity index (χ1n) is 8.92. The standard InChI is InChI=1S/C19H26N2O4/c1-13-7-8-16(25-2)15(11-13)18(19(23)24)20-9-10-21(17(22)12-20)14-5-3-4-6-14/h7-8,11,14,18H,3-6,9-10,12H2,1-2H3,(H,23,24)/t18-/m1/s1. The van der Waals surface area contributed by atoms with Crippen LogP contribution in [0.5, 0.6) is 5.75 Å². The summed E-state index contributed by atoms with van der Waals surface area (Å²) in [6, 6.07) is 4.99. The molecule has 0 unspecified atom stereocenters. The SMILES string of the molecule is COc1ccc(C)cc1[C@H](C(=O)O)N1CCN(C2CCCC2)C(=O)C1. The topological polar surface area (TPSA) is 70.1 Å². The van der Waals surface area contributed by atoms with Crippen molar-refractivity contribution in [3.63, 3.8) is 0 Å². The number of aryl methyl sites for hydroxylation is 1. The molecule has 136 valence electrons. The summed E-state index contributed by atoms with van der Waals surface area (Å²) < 4.78 is 5.37. The van der Waals surface area contributed by atoms with Gasteiger partial charge in [-0.1, -0.05) is 30.5 Å². The van der Waals surface area contributed by atoms with Crippen LogP contribution in [0.2, 0.25) is 0 Å². The van der Waals surface area contributed by atoms with Crippen LogP contribution in [0.15, 0.2) is 18.2 Å². The Hall–Kier alpha value is -2.08. The molecule has 1 heterocycles. The first-order valence-corrected chi connectivity index (χ1v) is 8.92. The Labute approximate surface area is 148 Å². The summed E-state index contributed by atoms with van der Waals surface area (Å²) in [4.78, 5) is 28.3. The summed E-state index contributed by atoms with van der Waals surface area (Å²) >= 11 is 0. The molecule has 3 rings (SSSR count). The van der Waals surface area contributed by atoms with Gasteiger partial charge in [-0.25, -0.2) is 0 Å². The fourth-order valence-corrected chi connectivity index (χ4v) is 4.08. The number of ether oxygens (including phenoxy) is 1. The van der Waals surface area contributed by atoms with Crippen LogP contribution < -0.4 is 4.74 Å². The second-order valence-electron chi connectivity index (χ2n) is 6.98. The highest BCUT2D eigenvalue weighted by Crippen LogP contribution is 2.33. The molecule has 1 aliphatic heterocycles. The van der Waals surface area contributed by atoms with Gasteiger partial charge >= 0.3 is 5.97 Å². The predicted octanol–water partition coefficient (Wildman–Crippen LogP) is 2.22. The maximum absolute atomic E-state index is 12.6. The van der Waals surface area contributed by atoms with Crippen molar-refractivity contribution >= 4 is 11.9 Å². The van der Waals surface area contributed by atoms with E-state index in [2.05, 4.69) is 0 Å². The van der Waals surface area contributed by atoms with Crippen LogP contribution in [0.3, 0.4) is 0 Å². The molecule has 6 heteroatoms. The maximum Gasteiger partial charge on any atom is 0.325 e. The molecule has 0 bridgehead atoms. The number of carboxylic acid groups (broad SMARTS) is 1. The van der Waals surface area contributed by atoms with Gasteiger partial charge in [-0.05, 0) is 25.8 Å². The Kier molecular flexibility index (Phi) is 5.27. The van der Waals surface area contributed by atoms with Crippen LogP contribution in [0.1, 0.15) is 42.9 Å². The molecule has 0 radical (unpaired) electrons. The minimum absolute atomic E-state index is 0.0380. The lowest BCUT2D eigenvalue weighted by atomic mass is 10.0. The number of nitrogens with zero attached hydrogens (tertiary/aromatic N) is 2. The normalized spacial score (nSPS) is 20.7. The zero-order valence-electron chi connectivity index (χ0n) is 14.9. The molecule has 25 heavy (non-hydrogen) atoms. The number of hydrogen-bond acceptors (Lipinski definition) is 4. The van der Waals surface area contributed by atoms with Gasteiger partial charge in [0.25, 0.3) is 0 Å². The number of carbonyl (C=O) groups excluding carboxylic acids is 1. The Balaban J connectivity index is 1.82. The molecular formula is C19H26N2O4. The Morgan fingerprint density at radius 3 is 2.60 bits per heavy atom. The first-order chi connectivity index (χ1) is 12.0. The van der Waals surface area contributed by atoms with Crippen molar-refractivity contribution in [3.05, 3.63) is 29.3 Å². The third-order valence-corrected chi connectivity index (χ3v) is 5.33. The van der Waals surface area contributed by atoms with Gasteiger partial charge in [-0.2, -0.15) is 0 Å². The fraction of sp³-hybridized carbons (Fsp3) is 0.579. The van der Waals surface area contributed by atoms with Crippen molar-refractivity contribution in [3.8, 4) is 5.75 Å². The number of carboxylic acids is 1. The molecule has 1 N–H and O–H groups in total. The number of hydrogen-bond donors (Lipinski definition) is 1. The molecule has 1 saturated heterocycles. The Bertz CT molecular complexity index is 655. The average molecular weight is 346 g/mol. The monoisotopic (exact) mass is 346 g/mol. The van der Waals surface area contributed by atoms with E-state index in [9.17, 15) is 14.7 Å². The third-order valence-electron chi connectivity index (χ3n) is 5.33. The van der Waals surface area contributed by atoms with Crippen molar-refractivity contribution in [2.24, 2.45) is 0 Å². The fourth-order valence-electron chi connectivity index (χ4n) is 4.08. The van der Waals surface area contributed by atoms with Gasteiger partial charge in [0.05, 0.1) is 13.7 Å². The van der Waals surface area contributed by atoms with E-state index in [-0.39, 0.29) is 12.5 Å². The van der Waals surface area contributed by atoms with Gasteiger partial charge in [0.1, 0.15) is 11.8 Å². The van der Waals surface area contributed by atoms with Crippen molar-refractivity contribution in [1.29, 1.82) is 0 Å². The molecule has 6 nitrogen and oxygen atoms in total. The van der Waals surface area contributed by atoms with Crippen LogP contribution in [0.25, 0.3) is 0 Å². The summed E-state index contributed by atoms with van der Waals surface area (Å²) in [5.74, 6) is -0.370. The number of aliphatic carboxylic acids is 1. The van der Waals surface area contributed by atoms with Crippen molar-refractivity contribution in [1.82, 2.24) is 9.80 Å². The molecule has 2 aliphatic rings. The van der Waals surface area contributed by atoms with E-state index >= 15 is 0 Å². The quantitative estimate of drug-likeness (QED) is 0.885. The van der Waals surface area contributed by atoms with Gasteiger partial charge in [0, 0.05) is 24.7 Å². The minimum atomic E-state index is -0.953. The van der Waals surface area contributed by atoms with E-state index in [0.717, 1.165) is 18.4 Å². The Morgan fingerprint density at radius 1 is 1.28 bits per heavy atom. The highest BCUT2D eigenvalue weighted by molar-refractivity contribution is 5.82. The minimum Gasteiger partial charge on any atom is -0.496 e. The van der Waals surface area contributed by atoms with Gasteiger partial charge in [0.15, 0.2) is 0 Å². The average Bonchev–Trinajstić information content (AvgIpc) is 3.09. The zero-order valence-corrected chi connectivity index (χ0v) is 14.9. The first kappa shape index (κ1) is 17.7. The Morgan fingerprint density at radius 2 is 2.00 bits per heavy atom. The number of carbonyl (C=O) groups is 2. The molecule has 1 amide bonds. The summed E-state index contributed by atoms with van der Waals surface area (Å²) in [5, 5.41) is 9.83. The van der Waals surface area contributed by atoms with Gasteiger partial charge in [-0.15, -0.1) is 0 Å². The van der Waals surface area contributed by atoms with E-state index in [4.69, 9.17) is 4.74 Å². The molecule has 0 spiro atoms. The highest BCUT2D eigenvalue weighted by Gasteiger charge is 2.37. The summed E-state index contributed by atoms with van der Waals surface area (Å²) in [6.07, 6.45) is 4.49. The van der Waals surface area contributed by atoms with Crippen molar-refractivity contribution in [2.45, 2.75) is 44.7 Å². The number of methoxy groups -OCH3 is 1. The molecule has 0 aromatic heterocycles. The lowest BCUT2D eigenvalue weighted by Gasteiger charge is -2.40. The smallest absolute Gasteiger partial charge is 0.325 e. The molecule has 1 saturated carbocycles. The summed E-state index contributed by atoms with van der Waals surface area (Å²) in [7, 11) is 1.54. The summed E-state index contributed by atoms with van der Waals surface area (Å²) in [6.45, 7) is 3.23. The maximum atomic E-state index is 12.6. The molecule has 1 aromatic carbocycles. The predicted molar refractivity (Wildman–Crippen MR) is 93.6 cm³/mol. The van der Waals surface area contributed by atoms with Crippen molar-refractivity contribution in [2.75, 3.05) is 26.7 Å². The van der Waals surface area contributed by atoms with Crippen LogP contribution in [0, 0.1) is 6.92 Å². The lowest BCUT2D eigenvalue weighted by molar-refractivity contribution is -0.149. The van der Waals surface area contributed by atoms with Gasteiger partial charge < -0.3 is 14.7 Å². The number of benzene rings is 1. The van der Waals surface area contributed by atoms with Crippen LogP contribution in [-0.4, -0.2) is 59.6 Å². The lowest BCUT2D eigenvalue weighted by Crippen LogP contribution is -2.55.